The van der Waals surface area contributed by atoms with Crippen LogP contribution in [0.15, 0.2) is 48.6 Å². The Balaban J connectivity index is 4.64. The molecule has 0 saturated carbocycles. The van der Waals surface area contributed by atoms with E-state index in [0.29, 0.717) is 25.7 Å². The van der Waals surface area contributed by atoms with Gasteiger partial charge in [-0.3, -0.25) is 9.59 Å². The van der Waals surface area contributed by atoms with Crippen molar-refractivity contribution in [2.75, 3.05) is 6.61 Å². The first-order valence-electron chi connectivity index (χ1n) is 26.9. The number of rotatable bonds is 48. The summed E-state index contributed by atoms with van der Waals surface area (Å²) >= 11 is 0. The van der Waals surface area contributed by atoms with Crippen LogP contribution >= 0.6 is 0 Å². The molecule has 0 aromatic carbocycles. The summed E-state index contributed by atoms with van der Waals surface area (Å²) in [6, 6.07) is -0.710. The molecule has 0 saturated heterocycles. The van der Waals surface area contributed by atoms with Crippen LogP contribution in [-0.4, -0.2) is 46.9 Å². The van der Waals surface area contributed by atoms with Gasteiger partial charge in [0, 0.05) is 6.42 Å². The molecule has 0 rings (SSSR count). The maximum atomic E-state index is 13.2. The second kappa shape index (κ2) is 49.8. The Kier molecular flexibility index (Phi) is 48.1. The quantitative estimate of drug-likeness (QED) is 0.0322. The van der Waals surface area contributed by atoms with Gasteiger partial charge in [-0.1, -0.05) is 243 Å². The average molecular weight is 870 g/mol. The first-order valence-corrected chi connectivity index (χ1v) is 26.9. The van der Waals surface area contributed by atoms with E-state index in [1.54, 1.807) is 0 Å². The number of allylic oxidation sites excluding steroid dienone is 8. The molecule has 62 heavy (non-hydrogen) atoms. The van der Waals surface area contributed by atoms with Crippen LogP contribution in [0.1, 0.15) is 271 Å². The number of amides is 1. The molecular weight excluding hydrogens is 767 g/mol. The SMILES string of the molecule is CCCCC/C=C\C/C=C\C/C=C\C/C=C\CCCC(=O)OC(CCCCCCCCCCCCCCCC)CC(=O)NC(CO)C(O)CCCCCCCCCCCCCC. The second-order valence-corrected chi connectivity index (χ2v) is 18.3. The summed E-state index contributed by atoms with van der Waals surface area (Å²) in [4.78, 5) is 26.2. The lowest BCUT2D eigenvalue weighted by atomic mass is 10.0. The van der Waals surface area contributed by atoms with Crippen molar-refractivity contribution in [3.63, 3.8) is 0 Å². The van der Waals surface area contributed by atoms with Crippen LogP contribution < -0.4 is 5.32 Å². The molecule has 0 aromatic heterocycles. The van der Waals surface area contributed by atoms with Crippen LogP contribution in [0.2, 0.25) is 0 Å². The molecule has 0 aliphatic carbocycles. The third kappa shape index (κ3) is 44.4. The largest absolute Gasteiger partial charge is 0.462 e. The number of carbonyl (C=O) groups is 2. The van der Waals surface area contributed by atoms with Gasteiger partial charge in [0.2, 0.25) is 5.91 Å². The summed E-state index contributed by atoms with van der Waals surface area (Å²) in [5, 5.41) is 23.8. The predicted octanol–water partition coefficient (Wildman–Crippen LogP) is 16.2. The van der Waals surface area contributed by atoms with E-state index in [1.807, 2.05) is 0 Å². The van der Waals surface area contributed by atoms with Crippen molar-refractivity contribution < 1.29 is 24.5 Å². The molecule has 0 aliphatic rings. The van der Waals surface area contributed by atoms with E-state index in [1.165, 1.54) is 154 Å². The van der Waals surface area contributed by atoms with E-state index in [9.17, 15) is 19.8 Å². The Bertz CT molecular complexity index is 1070. The predicted molar refractivity (Wildman–Crippen MR) is 269 cm³/mol. The van der Waals surface area contributed by atoms with Crippen LogP contribution in [0.25, 0.3) is 0 Å². The van der Waals surface area contributed by atoms with Crippen molar-refractivity contribution in [3.05, 3.63) is 48.6 Å². The molecule has 0 fully saturated rings. The van der Waals surface area contributed by atoms with Gasteiger partial charge in [0.05, 0.1) is 25.2 Å². The number of hydrogen-bond acceptors (Lipinski definition) is 5. The molecule has 0 bridgehead atoms. The first kappa shape index (κ1) is 59.8. The van der Waals surface area contributed by atoms with Crippen LogP contribution in [0.5, 0.6) is 0 Å². The van der Waals surface area contributed by atoms with Crippen molar-refractivity contribution in [2.24, 2.45) is 0 Å². The van der Waals surface area contributed by atoms with Gasteiger partial charge in [-0.25, -0.2) is 0 Å². The van der Waals surface area contributed by atoms with Gasteiger partial charge in [0.1, 0.15) is 6.10 Å². The molecule has 6 nitrogen and oxygen atoms in total. The van der Waals surface area contributed by atoms with Gasteiger partial charge in [-0.2, -0.15) is 0 Å². The van der Waals surface area contributed by atoms with Gasteiger partial charge >= 0.3 is 5.97 Å². The third-order valence-corrected chi connectivity index (χ3v) is 12.2. The van der Waals surface area contributed by atoms with Gasteiger partial charge in [0.15, 0.2) is 0 Å². The minimum atomic E-state index is -0.795. The number of unbranched alkanes of at least 4 members (excludes halogenated alkanes) is 28. The maximum absolute atomic E-state index is 13.2. The van der Waals surface area contributed by atoms with Crippen LogP contribution in [0, 0.1) is 0 Å². The molecular formula is C56H103NO5. The molecule has 0 aliphatic heterocycles. The van der Waals surface area contributed by atoms with Gasteiger partial charge in [-0.05, 0) is 64.2 Å². The maximum Gasteiger partial charge on any atom is 0.306 e. The summed E-state index contributed by atoms with van der Waals surface area (Å²) in [7, 11) is 0. The fourth-order valence-electron chi connectivity index (χ4n) is 8.07. The number of nitrogens with one attached hydrogen (secondary N) is 1. The number of ether oxygens (including phenoxy) is 1. The Morgan fingerprint density at radius 1 is 0.468 bits per heavy atom. The van der Waals surface area contributed by atoms with Gasteiger partial charge < -0.3 is 20.3 Å². The summed E-state index contributed by atoms with van der Waals surface area (Å²) in [6.45, 7) is 6.46. The lowest BCUT2D eigenvalue weighted by Crippen LogP contribution is -2.46. The monoisotopic (exact) mass is 870 g/mol. The van der Waals surface area contributed by atoms with E-state index in [2.05, 4.69) is 74.7 Å². The van der Waals surface area contributed by atoms with Crippen molar-refractivity contribution in [2.45, 2.75) is 289 Å². The molecule has 0 radical (unpaired) electrons. The van der Waals surface area contributed by atoms with Crippen LogP contribution in [0.3, 0.4) is 0 Å². The van der Waals surface area contributed by atoms with E-state index >= 15 is 0 Å². The molecule has 3 unspecified atom stereocenters. The van der Waals surface area contributed by atoms with Gasteiger partial charge in [-0.15, -0.1) is 0 Å². The summed E-state index contributed by atoms with van der Waals surface area (Å²) < 4.78 is 5.92. The Morgan fingerprint density at radius 2 is 0.823 bits per heavy atom. The Labute approximate surface area is 385 Å². The van der Waals surface area contributed by atoms with Crippen molar-refractivity contribution in [1.82, 2.24) is 5.32 Å². The Hall–Kier alpha value is -2.18. The minimum Gasteiger partial charge on any atom is -0.462 e. The zero-order valence-corrected chi connectivity index (χ0v) is 41.3. The van der Waals surface area contributed by atoms with Crippen molar-refractivity contribution in [3.8, 4) is 0 Å². The lowest BCUT2D eigenvalue weighted by molar-refractivity contribution is -0.151. The van der Waals surface area contributed by atoms with E-state index in [0.717, 1.165) is 64.2 Å². The van der Waals surface area contributed by atoms with Crippen molar-refractivity contribution >= 4 is 11.9 Å². The van der Waals surface area contributed by atoms with Gasteiger partial charge in [0.25, 0.3) is 0 Å². The fourth-order valence-corrected chi connectivity index (χ4v) is 8.07. The first-order chi connectivity index (χ1) is 30.5. The summed E-state index contributed by atoms with van der Waals surface area (Å²) in [6.07, 6.45) is 60.3. The minimum absolute atomic E-state index is 0.0587. The summed E-state index contributed by atoms with van der Waals surface area (Å²) in [5.74, 6) is -0.531. The lowest BCUT2D eigenvalue weighted by Gasteiger charge is -2.24. The van der Waals surface area contributed by atoms with Crippen LogP contribution in [0.4, 0.5) is 0 Å². The summed E-state index contributed by atoms with van der Waals surface area (Å²) in [5.41, 5.74) is 0. The van der Waals surface area contributed by atoms with E-state index in [4.69, 9.17) is 4.74 Å². The molecule has 0 aromatic rings. The number of carbonyl (C=O) groups excluding carboxylic acids is 2. The van der Waals surface area contributed by atoms with E-state index in [-0.39, 0.29) is 24.9 Å². The third-order valence-electron chi connectivity index (χ3n) is 12.2. The van der Waals surface area contributed by atoms with Crippen molar-refractivity contribution in [1.29, 1.82) is 0 Å². The zero-order chi connectivity index (χ0) is 45.2. The molecule has 1 amide bonds. The molecule has 3 N–H and O–H groups in total. The molecule has 0 spiro atoms. The highest BCUT2D eigenvalue weighted by Gasteiger charge is 2.24. The number of aliphatic hydroxyl groups excluding tert-OH is 2. The normalized spacial score (nSPS) is 13.6. The number of aliphatic hydroxyl groups is 2. The van der Waals surface area contributed by atoms with E-state index < -0.39 is 18.2 Å². The average Bonchev–Trinajstić information content (AvgIpc) is 3.26. The molecule has 3 atom stereocenters. The number of hydrogen-bond donors (Lipinski definition) is 3. The highest BCUT2D eigenvalue weighted by molar-refractivity contribution is 5.77. The molecule has 0 heterocycles. The fraction of sp³-hybridized carbons (Fsp3) is 0.821. The number of esters is 1. The smallest absolute Gasteiger partial charge is 0.306 e. The van der Waals surface area contributed by atoms with Crippen LogP contribution in [-0.2, 0) is 14.3 Å². The Morgan fingerprint density at radius 3 is 1.24 bits per heavy atom. The highest BCUT2D eigenvalue weighted by atomic mass is 16.5. The second-order valence-electron chi connectivity index (χ2n) is 18.3. The molecule has 362 valence electrons. The topological polar surface area (TPSA) is 95.9 Å². The highest BCUT2D eigenvalue weighted by Crippen LogP contribution is 2.18. The molecule has 6 heteroatoms. The zero-order valence-electron chi connectivity index (χ0n) is 41.3. The standard InChI is InChI=1S/C56H103NO5/c1-4-7-10-13-16-19-22-25-27-28-29-31-34-37-40-43-46-49-56(61)62-52(47-44-41-38-35-32-30-26-23-20-17-14-11-8-5-2)50-55(60)57-53(51-58)54(59)48-45-42-39-36-33-24-21-18-15-12-9-6-3/h16,19,25,27,29,31,37,40,52-54,58-59H,4-15,17-18,20-24,26,28,30,32-36,38-39,41-51H2,1-3H3,(H,57,60)/b19-16-,27-25-,31-29-,40-37-.